The molecule has 4 aromatic rings. The van der Waals surface area contributed by atoms with Crippen LogP contribution in [0.25, 0.3) is 28.2 Å². The first-order valence-corrected chi connectivity index (χ1v) is 13.8. The van der Waals surface area contributed by atoms with E-state index in [1.54, 1.807) is 12.0 Å². The second-order valence-corrected chi connectivity index (χ2v) is 10.6. The number of aryl methyl sites for hydroxylation is 2. The number of hydrogen-bond donors (Lipinski definition) is 0. The molecule has 0 radical (unpaired) electrons. The maximum absolute atomic E-state index is 12.4. The summed E-state index contributed by atoms with van der Waals surface area (Å²) in [6.45, 7) is 16.3. The number of pyridine rings is 1. The second-order valence-electron chi connectivity index (χ2n) is 10.6. The standard InChI is InChI=1S/C29H34N6O3.C2H6/c1-19-17-21(7-10-24(19)37-6)23-9-12-26-31-20(2)27(35(26)32-23)22-8-11-25(30-18-22)33-13-15-34(16-14-33)28(36)38-29(3,4)5;1-2/h7-12,17-18H,13-16H2,1-6H3;1-2H3. The summed E-state index contributed by atoms with van der Waals surface area (Å²) in [7, 11) is 1.68. The highest BCUT2D eigenvalue weighted by atomic mass is 16.6. The number of amides is 1. The lowest BCUT2D eigenvalue weighted by Crippen LogP contribution is -2.50. The van der Waals surface area contributed by atoms with Gasteiger partial charge in [0.15, 0.2) is 5.65 Å². The van der Waals surface area contributed by atoms with E-state index in [0.717, 1.165) is 51.0 Å². The molecule has 5 rings (SSSR count). The molecular formula is C31H40N6O3. The van der Waals surface area contributed by atoms with Gasteiger partial charge in [-0.3, -0.25) is 0 Å². The Labute approximate surface area is 236 Å². The van der Waals surface area contributed by atoms with Crippen LogP contribution in [0.4, 0.5) is 10.6 Å². The molecule has 1 aromatic carbocycles. The van der Waals surface area contributed by atoms with E-state index in [1.165, 1.54) is 0 Å². The van der Waals surface area contributed by atoms with Crippen molar-refractivity contribution >= 4 is 17.6 Å². The van der Waals surface area contributed by atoms with Gasteiger partial charge in [0.2, 0.25) is 0 Å². The minimum Gasteiger partial charge on any atom is -0.496 e. The Morgan fingerprint density at radius 3 is 2.23 bits per heavy atom. The van der Waals surface area contributed by atoms with Crippen LogP contribution in [0.2, 0.25) is 0 Å². The number of anilines is 1. The zero-order valence-electron chi connectivity index (χ0n) is 24.9. The number of benzene rings is 1. The molecule has 0 aliphatic carbocycles. The van der Waals surface area contributed by atoms with Gasteiger partial charge in [0.05, 0.1) is 24.2 Å². The molecule has 1 aliphatic heterocycles. The van der Waals surface area contributed by atoms with Crippen LogP contribution in [-0.4, -0.2) is 69.5 Å². The molecule has 0 N–H and O–H groups in total. The van der Waals surface area contributed by atoms with E-state index in [-0.39, 0.29) is 6.09 Å². The van der Waals surface area contributed by atoms with E-state index in [9.17, 15) is 4.79 Å². The highest BCUT2D eigenvalue weighted by molar-refractivity contribution is 5.70. The molecule has 1 aliphatic rings. The van der Waals surface area contributed by atoms with Gasteiger partial charge >= 0.3 is 6.09 Å². The fourth-order valence-electron chi connectivity index (χ4n) is 4.72. The molecule has 40 heavy (non-hydrogen) atoms. The highest BCUT2D eigenvalue weighted by Crippen LogP contribution is 2.29. The Morgan fingerprint density at radius 2 is 1.62 bits per heavy atom. The van der Waals surface area contributed by atoms with E-state index in [1.807, 2.05) is 89.5 Å². The molecule has 0 spiro atoms. The molecule has 3 aromatic heterocycles. The van der Waals surface area contributed by atoms with Crippen molar-refractivity contribution in [3.8, 4) is 28.3 Å². The first-order valence-electron chi connectivity index (χ1n) is 13.8. The number of fused-ring (bicyclic) bond motifs is 1. The highest BCUT2D eigenvalue weighted by Gasteiger charge is 2.26. The third-order valence-corrected chi connectivity index (χ3v) is 6.62. The summed E-state index contributed by atoms with van der Waals surface area (Å²) in [5, 5.41) is 4.93. The van der Waals surface area contributed by atoms with E-state index in [0.29, 0.717) is 26.2 Å². The molecule has 9 heteroatoms. The van der Waals surface area contributed by atoms with E-state index >= 15 is 0 Å². The van der Waals surface area contributed by atoms with Crippen LogP contribution >= 0.6 is 0 Å². The molecule has 1 amide bonds. The zero-order valence-corrected chi connectivity index (χ0v) is 24.9. The fraction of sp³-hybridized carbons (Fsp3) is 0.419. The Hall–Kier alpha value is -4.14. The van der Waals surface area contributed by atoms with E-state index in [4.69, 9.17) is 24.5 Å². The topological polar surface area (TPSA) is 85.1 Å². The van der Waals surface area contributed by atoms with E-state index < -0.39 is 5.60 Å². The number of carbonyl (C=O) groups excluding carboxylic acids is 1. The zero-order chi connectivity index (χ0) is 29.0. The maximum atomic E-state index is 12.4. The molecule has 4 heterocycles. The van der Waals surface area contributed by atoms with Crippen molar-refractivity contribution in [2.75, 3.05) is 38.2 Å². The van der Waals surface area contributed by atoms with Crippen molar-refractivity contribution in [2.45, 2.75) is 54.1 Å². The number of rotatable bonds is 4. The van der Waals surface area contributed by atoms with Crippen LogP contribution in [0.3, 0.4) is 0 Å². The van der Waals surface area contributed by atoms with Gasteiger partial charge in [-0.2, -0.15) is 5.10 Å². The Kier molecular flexibility index (Phi) is 8.61. The lowest BCUT2D eigenvalue weighted by atomic mass is 10.1. The van der Waals surface area contributed by atoms with Gasteiger partial charge in [-0.05, 0) is 82.6 Å². The minimum absolute atomic E-state index is 0.264. The Balaban J connectivity index is 0.00000181. The SMILES string of the molecule is CC.COc1ccc(-c2ccc3nc(C)c(-c4ccc(N5CCN(C(=O)OC(C)(C)C)CC5)nc4)n3n2)cc1C. The minimum atomic E-state index is -0.495. The predicted octanol–water partition coefficient (Wildman–Crippen LogP) is 6.17. The number of imidazole rings is 1. The predicted molar refractivity (Wildman–Crippen MR) is 159 cm³/mol. The smallest absolute Gasteiger partial charge is 0.410 e. The number of carbonyl (C=O) groups is 1. The van der Waals surface area contributed by atoms with Gasteiger partial charge in [-0.25, -0.2) is 19.3 Å². The Bertz CT molecular complexity index is 1470. The summed E-state index contributed by atoms with van der Waals surface area (Å²) in [6, 6.07) is 14.1. The van der Waals surface area contributed by atoms with Crippen LogP contribution < -0.4 is 9.64 Å². The number of ether oxygens (including phenoxy) is 2. The summed E-state index contributed by atoms with van der Waals surface area (Å²) in [5.41, 5.74) is 5.97. The van der Waals surface area contributed by atoms with Crippen LogP contribution in [0, 0.1) is 13.8 Å². The third kappa shape index (κ3) is 6.19. The second kappa shape index (κ2) is 11.9. The van der Waals surface area contributed by atoms with Gasteiger partial charge < -0.3 is 19.3 Å². The first kappa shape index (κ1) is 28.9. The van der Waals surface area contributed by atoms with Gasteiger partial charge in [0, 0.05) is 43.5 Å². The van der Waals surface area contributed by atoms with Crippen molar-refractivity contribution in [1.82, 2.24) is 24.5 Å². The molecular weight excluding hydrogens is 504 g/mol. The van der Waals surface area contributed by atoms with E-state index in [2.05, 4.69) is 17.0 Å². The molecule has 0 bridgehead atoms. The molecule has 0 unspecified atom stereocenters. The molecule has 0 atom stereocenters. The fourth-order valence-corrected chi connectivity index (χ4v) is 4.72. The van der Waals surface area contributed by atoms with Crippen molar-refractivity contribution < 1.29 is 14.3 Å². The van der Waals surface area contributed by atoms with Crippen molar-refractivity contribution in [3.05, 3.63) is 59.9 Å². The number of nitrogens with zero attached hydrogens (tertiary/aromatic N) is 6. The van der Waals surface area contributed by atoms with Crippen LogP contribution in [0.1, 0.15) is 45.9 Å². The Morgan fingerprint density at radius 1 is 0.925 bits per heavy atom. The number of piperazine rings is 1. The number of aromatic nitrogens is 4. The number of hydrogen-bond acceptors (Lipinski definition) is 7. The lowest BCUT2D eigenvalue weighted by Gasteiger charge is -2.36. The average Bonchev–Trinajstić information content (AvgIpc) is 3.28. The van der Waals surface area contributed by atoms with Gasteiger partial charge in [0.1, 0.15) is 17.2 Å². The number of methoxy groups -OCH3 is 1. The van der Waals surface area contributed by atoms with Crippen LogP contribution in [0.15, 0.2) is 48.7 Å². The summed E-state index contributed by atoms with van der Waals surface area (Å²) < 4.78 is 12.8. The largest absolute Gasteiger partial charge is 0.496 e. The van der Waals surface area contributed by atoms with Crippen molar-refractivity contribution in [1.29, 1.82) is 0 Å². The first-order chi connectivity index (χ1) is 19.1. The summed E-state index contributed by atoms with van der Waals surface area (Å²) in [6.07, 6.45) is 1.61. The molecule has 0 saturated carbocycles. The molecule has 9 nitrogen and oxygen atoms in total. The quantitative estimate of drug-likeness (QED) is 0.304. The lowest BCUT2D eigenvalue weighted by molar-refractivity contribution is 0.0240. The van der Waals surface area contributed by atoms with Crippen molar-refractivity contribution in [2.24, 2.45) is 0 Å². The van der Waals surface area contributed by atoms with Crippen LogP contribution in [-0.2, 0) is 4.74 Å². The van der Waals surface area contributed by atoms with Gasteiger partial charge in [-0.15, -0.1) is 0 Å². The maximum Gasteiger partial charge on any atom is 0.410 e. The normalized spacial score (nSPS) is 13.6. The summed E-state index contributed by atoms with van der Waals surface area (Å²) in [5.74, 6) is 1.73. The summed E-state index contributed by atoms with van der Waals surface area (Å²) >= 11 is 0. The third-order valence-electron chi connectivity index (χ3n) is 6.62. The molecule has 212 valence electrons. The van der Waals surface area contributed by atoms with Gasteiger partial charge in [0.25, 0.3) is 0 Å². The summed E-state index contributed by atoms with van der Waals surface area (Å²) in [4.78, 5) is 25.8. The molecule has 1 saturated heterocycles. The van der Waals surface area contributed by atoms with Crippen LogP contribution in [0.5, 0.6) is 5.75 Å². The monoisotopic (exact) mass is 544 g/mol. The van der Waals surface area contributed by atoms with Crippen molar-refractivity contribution in [3.63, 3.8) is 0 Å². The average molecular weight is 545 g/mol. The molecule has 1 fully saturated rings. The van der Waals surface area contributed by atoms with Gasteiger partial charge in [-0.1, -0.05) is 13.8 Å².